The Bertz CT molecular complexity index is 1790. The van der Waals surface area contributed by atoms with Crippen molar-refractivity contribution in [3.63, 3.8) is 0 Å². The molecule has 0 saturated heterocycles. The van der Waals surface area contributed by atoms with Crippen LogP contribution in [0.25, 0.3) is 21.3 Å². The smallest absolute Gasteiger partial charge is 0.245 e. The zero-order chi connectivity index (χ0) is 29.8. The van der Waals surface area contributed by atoms with E-state index in [-0.39, 0.29) is 22.9 Å². The van der Waals surface area contributed by atoms with Gasteiger partial charge in [0.05, 0.1) is 21.7 Å². The third-order valence-corrected chi connectivity index (χ3v) is 10.1. The van der Waals surface area contributed by atoms with Crippen LogP contribution < -0.4 is 10.5 Å². The van der Waals surface area contributed by atoms with Crippen LogP contribution in [-0.2, 0) is 30.4 Å². The molecule has 0 radical (unpaired) electrons. The van der Waals surface area contributed by atoms with E-state index in [1.807, 2.05) is 31.2 Å². The number of sulfonamides is 1. The number of aromatic nitrogens is 1. The van der Waals surface area contributed by atoms with Crippen molar-refractivity contribution in [2.24, 2.45) is 5.14 Å². The zero-order valence-electron chi connectivity index (χ0n) is 22.0. The van der Waals surface area contributed by atoms with Gasteiger partial charge in [-0.15, -0.1) is 11.3 Å². The van der Waals surface area contributed by atoms with Crippen LogP contribution in [0.1, 0.15) is 45.9 Å². The van der Waals surface area contributed by atoms with E-state index < -0.39 is 48.3 Å². The molecule has 41 heavy (non-hydrogen) atoms. The van der Waals surface area contributed by atoms with Crippen LogP contribution in [-0.4, -0.2) is 45.8 Å². The maximum atomic E-state index is 13.5. The van der Waals surface area contributed by atoms with E-state index in [0.717, 1.165) is 41.0 Å². The summed E-state index contributed by atoms with van der Waals surface area (Å²) in [6, 6.07) is 17.4. The summed E-state index contributed by atoms with van der Waals surface area (Å²) in [5.74, 6) is -2.55. The lowest BCUT2D eigenvalue weighted by Crippen LogP contribution is -2.37. The average Bonchev–Trinajstić information content (AvgIpc) is 3.31. The van der Waals surface area contributed by atoms with E-state index in [1.54, 1.807) is 18.2 Å². The number of hydrogen-bond acceptors (Lipinski definition) is 8. The molecule has 1 aromatic heterocycles. The number of nitrogens with one attached hydrogen (secondary N) is 1. The Kier molecular flexibility index (Phi) is 9.32. The number of Topliss-reactive ketones (excluding diaryl/α,β-unsaturated/α-hetero) is 1. The van der Waals surface area contributed by atoms with Gasteiger partial charge in [-0.25, -0.2) is 31.3 Å². The maximum absolute atomic E-state index is 13.5. The van der Waals surface area contributed by atoms with Gasteiger partial charge >= 0.3 is 0 Å². The molecule has 216 valence electrons. The molecule has 4 rings (SSSR count). The molecule has 3 aromatic carbocycles. The van der Waals surface area contributed by atoms with Crippen molar-refractivity contribution < 1.29 is 30.8 Å². The Morgan fingerprint density at radius 3 is 2.27 bits per heavy atom. The van der Waals surface area contributed by atoms with Gasteiger partial charge in [0, 0.05) is 18.5 Å². The van der Waals surface area contributed by atoms with Gasteiger partial charge in [0.15, 0.2) is 20.9 Å². The van der Waals surface area contributed by atoms with Crippen LogP contribution in [0.5, 0.6) is 0 Å². The first-order valence-corrected chi connectivity index (χ1v) is 16.9. The lowest BCUT2D eigenvalue weighted by Gasteiger charge is -2.15. The molecule has 0 aliphatic carbocycles. The highest BCUT2D eigenvalue weighted by molar-refractivity contribution is 7.91. The molecule has 1 atom stereocenters. The minimum absolute atomic E-state index is 0.00729. The average molecular weight is 618 g/mol. The topological polar surface area (TPSA) is 153 Å². The van der Waals surface area contributed by atoms with Gasteiger partial charge in [-0.3, -0.25) is 9.59 Å². The van der Waals surface area contributed by atoms with Gasteiger partial charge in [-0.05, 0) is 47.4 Å². The summed E-state index contributed by atoms with van der Waals surface area (Å²) in [6.07, 6.45) is 1.23. The number of hydrogen-bond donors (Lipinski definition) is 2. The third-order valence-electron chi connectivity index (χ3n) is 6.21. The van der Waals surface area contributed by atoms with Gasteiger partial charge in [-0.2, -0.15) is 0 Å². The Morgan fingerprint density at radius 2 is 1.63 bits per heavy atom. The molecule has 9 nitrogen and oxygen atoms in total. The lowest BCUT2D eigenvalue weighted by atomic mass is 10.0. The number of halogens is 1. The molecule has 0 aliphatic heterocycles. The highest BCUT2D eigenvalue weighted by atomic mass is 32.2. The summed E-state index contributed by atoms with van der Waals surface area (Å²) in [7, 11) is -8.13. The fourth-order valence-corrected chi connectivity index (χ4v) is 7.74. The van der Waals surface area contributed by atoms with Gasteiger partial charge < -0.3 is 5.32 Å². The minimum Gasteiger partial charge on any atom is -0.354 e. The minimum atomic E-state index is -4.23. The number of sulfone groups is 1. The molecular formula is C28H28FN3O6S3. The molecule has 0 saturated carbocycles. The number of fused-ring (bicyclic) bond motifs is 1. The van der Waals surface area contributed by atoms with Crippen LogP contribution in [0, 0.1) is 5.82 Å². The van der Waals surface area contributed by atoms with E-state index in [1.165, 1.54) is 12.1 Å². The van der Waals surface area contributed by atoms with Crippen molar-refractivity contribution in [3.8, 4) is 11.1 Å². The van der Waals surface area contributed by atoms with Crippen LogP contribution in [0.2, 0.25) is 0 Å². The molecule has 1 amide bonds. The standard InChI is InChI=1S/C28H28FN3O6S3/c1-2-3-24(33)20-8-6-19(7-9-20)21-10-13-23-25(16-21)39-28(32-23)26(27(34)31-14-15-41(30,37)38)40(35,36)17-18-4-11-22(29)12-5-18/h4-13,16,26H,2-3,14-15,17H2,1H3,(H,31,34)(H2,30,37,38). The second-order valence-electron chi connectivity index (χ2n) is 9.46. The van der Waals surface area contributed by atoms with Crippen molar-refractivity contribution in [2.75, 3.05) is 12.3 Å². The molecule has 1 unspecified atom stereocenters. The molecule has 3 N–H and O–H groups in total. The second kappa shape index (κ2) is 12.6. The number of ketones is 1. The van der Waals surface area contributed by atoms with Crippen molar-refractivity contribution in [1.82, 2.24) is 10.3 Å². The largest absolute Gasteiger partial charge is 0.354 e. The number of benzene rings is 3. The van der Waals surface area contributed by atoms with Crippen molar-refractivity contribution in [2.45, 2.75) is 30.8 Å². The van der Waals surface area contributed by atoms with Gasteiger partial charge in [-0.1, -0.05) is 49.4 Å². The van der Waals surface area contributed by atoms with Crippen molar-refractivity contribution >= 4 is 53.1 Å². The third kappa shape index (κ3) is 7.82. The molecule has 1 heterocycles. The summed E-state index contributed by atoms with van der Waals surface area (Å²) in [5, 5.41) is 5.62. The number of carbonyl (C=O) groups is 2. The van der Waals surface area contributed by atoms with Crippen molar-refractivity contribution in [3.05, 3.63) is 88.7 Å². The van der Waals surface area contributed by atoms with Crippen LogP contribution in [0.15, 0.2) is 66.7 Å². The quantitative estimate of drug-likeness (QED) is 0.227. The van der Waals surface area contributed by atoms with Gasteiger partial charge in [0.2, 0.25) is 15.9 Å². The molecule has 0 aliphatic rings. The SMILES string of the molecule is CCCC(=O)c1ccc(-c2ccc3nc(C(C(=O)NCCS(N)(=O)=O)S(=O)(=O)Cc4ccc(F)cc4)sc3c2)cc1. The number of amides is 1. The van der Waals surface area contributed by atoms with E-state index in [2.05, 4.69) is 10.3 Å². The number of carbonyl (C=O) groups excluding carboxylic acids is 2. The van der Waals surface area contributed by atoms with E-state index in [0.29, 0.717) is 22.2 Å². The summed E-state index contributed by atoms with van der Waals surface area (Å²) in [4.78, 5) is 29.8. The Hall–Kier alpha value is -3.52. The molecule has 13 heteroatoms. The Labute approximate surface area is 241 Å². The molecule has 0 bridgehead atoms. The first kappa shape index (κ1) is 30.4. The molecule has 0 fully saturated rings. The van der Waals surface area contributed by atoms with Gasteiger partial charge in [0.1, 0.15) is 10.8 Å². The number of thiazole rings is 1. The summed E-state index contributed by atoms with van der Waals surface area (Å²) >= 11 is 1.03. The molecule has 4 aromatic rings. The van der Waals surface area contributed by atoms with Crippen LogP contribution in [0.3, 0.4) is 0 Å². The second-order valence-corrected chi connectivity index (χ2v) is 14.3. The first-order valence-electron chi connectivity index (χ1n) is 12.6. The van der Waals surface area contributed by atoms with Crippen molar-refractivity contribution in [1.29, 1.82) is 0 Å². The fraction of sp³-hybridized carbons (Fsp3) is 0.250. The zero-order valence-corrected chi connectivity index (χ0v) is 24.5. The van der Waals surface area contributed by atoms with Crippen LogP contribution in [0.4, 0.5) is 4.39 Å². The number of primary sulfonamides is 1. The van der Waals surface area contributed by atoms with E-state index in [9.17, 15) is 30.8 Å². The lowest BCUT2D eigenvalue weighted by molar-refractivity contribution is -0.120. The summed E-state index contributed by atoms with van der Waals surface area (Å²) < 4.78 is 63.7. The Balaban J connectivity index is 1.67. The number of rotatable bonds is 12. The summed E-state index contributed by atoms with van der Waals surface area (Å²) in [5.41, 5.74) is 3.03. The van der Waals surface area contributed by atoms with E-state index >= 15 is 0 Å². The van der Waals surface area contributed by atoms with Crippen LogP contribution >= 0.6 is 11.3 Å². The summed E-state index contributed by atoms with van der Waals surface area (Å²) in [6.45, 7) is 1.56. The first-order chi connectivity index (χ1) is 19.4. The highest BCUT2D eigenvalue weighted by Crippen LogP contribution is 2.35. The predicted molar refractivity (Wildman–Crippen MR) is 157 cm³/mol. The molecular weight excluding hydrogens is 590 g/mol. The predicted octanol–water partition coefficient (Wildman–Crippen LogP) is 4.15. The van der Waals surface area contributed by atoms with Gasteiger partial charge in [0.25, 0.3) is 0 Å². The number of nitrogens with two attached hydrogens (primary N) is 1. The Morgan fingerprint density at radius 1 is 0.976 bits per heavy atom. The van der Waals surface area contributed by atoms with E-state index in [4.69, 9.17) is 5.14 Å². The fourth-order valence-electron chi connectivity index (χ4n) is 4.19. The number of nitrogens with zero attached hydrogens (tertiary/aromatic N) is 1. The highest BCUT2D eigenvalue weighted by Gasteiger charge is 2.37. The monoisotopic (exact) mass is 617 g/mol. The normalized spacial score (nSPS) is 12.8. The molecule has 0 spiro atoms. The maximum Gasteiger partial charge on any atom is 0.245 e.